The van der Waals surface area contributed by atoms with Gasteiger partial charge < -0.3 is 10.4 Å². The first kappa shape index (κ1) is 19.7. The lowest BCUT2D eigenvalue weighted by molar-refractivity contribution is -0.136. The molecule has 150 valence electrons. The van der Waals surface area contributed by atoms with Gasteiger partial charge in [-0.25, -0.2) is 14.4 Å². The number of hydrogen-bond donors (Lipinski definition) is 2. The Morgan fingerprint density at radius 2 is 2.00 bits per heavy atom. The summed E-state index contributed by atoms with van der Waals surface area (Å²) in [6.45, 7) is 0. The van der Waals surface area contributed by atoms with E-state index in [-0.39, 0.29) is 11.4 Å². The van der Waals surface area contributed by atoms with Crippen molar-refractivity contribution in [2.45, 2.75) is 12.8 Å². The molecule has 0 aliphatic heterocycles. The molecule has 0 aliphatic carbocycles. The van der Waals surface area contributed by atoms with Gasteiger partial charge in [0.1, 0.15) is 11.6 Å². The average molecular weight is 423 g/mol. The maximum Gasteiger partial charge on any atom is 0.303 e. The van der Waals surface area contributed by atoms with E-state index in [0.717, 1.165) is 11.1 Å². The standard InChI is InChI=1S/C22H16ClFN4O2/c23-17-11-15(5-6-18(17)24)26-22-16-10-13(4-8-20(29)30)3-7-19(16)27-21(28-22)14-2-1-9-25-12-14/h1-3,5-7,9-12H,4,8H2,(H,29,30)(H,26,27,28). The minimum Gasteiger partial charge on any atom is -0.481 e. The van der Waals surface area contributed by atoms with Gasteiger partial charge in [-0.15, -0.1) is 0 Å². The molecule has 0 fully saturated rings. The summed E-state index contributed by atoms with van der Waals surface area (Å²) in [4.78, 5) is 24.3. The summed E-state index contributed by atoms with van der Waals surface area (Å²) in [5.41, 5.74) is 2.84. The van der Waals surface area contributed by atoms with Crippen LogP contribution in [0.2, 0.25) is 5.02 Å². The van der Waals surface area contributed by atoms with Crippen LogP contribution in [-0.2, 0) is 11.2 Å². The van der Waals surface area contributed by atoms with E-state index in [1.54, 1.807) is 24.5 Å². The topological polar surface area (TPSA) is 88.0 Å². The number of aliphatic carboxylic acids is 1. The number of halogens is 2. The van der Waals surface area contributed by atoms with E-state index in [1.165, 1.54) is 12.1 Å². The van der Waals surface area contributed by atoms with Gasteiger partial charge in [-0.2, -0.15) is 0 Å². The summed E-state index contributed by atoms with van der Waals surface area (Å²) in [7, 11) is 0. The highest BCUT2D eigenvalue weighted by atomic mass is 35.5. The summed E-state index contributed by atoms with van der Waals surface area (Å²) in [6, 6.07) is 13.5. The monoisotopic (exact) mass is 422 g/mol. The van der Waals surface area contributed by atoms with Crippen LogP contribution in [0.3, 0.4) is 0 Å². The van der Waals surface area contributed by atoms with E-state index < -0.39 is 11.8 Å². The molecule has 0 saturated carbocycles. The van der Waals surface area contributed by atoms with E-state index in [1.807, 2.05) is 24.3 Å². The minimum absolute atomic E-state index is 0.00649. The number of anilines is 2. The molecule has 6 nitrogen and oxygen atoms in total. The number of benzene rings is 2. The highest BCUT2D eigenvalue weighted by Crippen LogP contribution is 2.29. The van der Waals surface area contributed by atoms with Gasteiger partial charge in [-0.05, 0) is 54.4 Å². The first-order chi connectivity index (χ1) is 14.5. The van der Waals surface area contributed by atoms with Crippen LogP contribution < -0.4 is 5.32 Å². The number of carbonyl (C=O) groups is 1. The van der Waals surface area contributed by atoms with Crippen molar-refractivity contribution in [3.05, 3.63) is 77.3 Å². The van der Waals surface area contributed by atoms with Gasteiger partial charge in [-0.3, -0.25) is 9.78 Å². The summed E-state index contributed by atoms with van der Waals surface area (Å²) >= 11 is 5.91. The first-order valence-corrected chi connectivity index (χ1v) is 9.52. The fourth-order valence-corrected chi connectivity index (χ4v) is 3.19. The fourth-order valence-electron chi connectivity index (χ4n) is 3.01. The molecule has 8 heteroatoms. The van der Waals surface area contributed by atoms with Crippen LogP contribution in [0.4, 0.5) is 15.9 Å². The SMILES string of the molecule is O=C(O)CCc1ccc2nc(-c3cccnc3)nc(Nc3ccc(F)c(Cl)c3)c2c1. The highest BCUT2D eigenvalue weighted by Gasteiger charge is 2.12. The zero-order chi connectivity index (χ0) is 21.1. The zero-order valence-electron chi connectivity index (χ0n) is 15.6. The Labute approximate surface area is 176 Å². The van der Waals surface area contributed by atoms with Crippen molar-refractivity contribution in [2.75, 3.05) is 5.32 Å². The molecule has 0 bridgehead atoms. The van der Waals surface area contributed by atoms with Crippen LogP contribution in [0.5, 0.6) is 0 Å². The number of fused-ring (bicyclic) bond motifs is 1. The van der Waals surface area contributed by atoms with Crippen molar-refractivity contribution in [3.63, 3.8) is 0 Å². The third kappa shape index (κ3) is 4.36. The molecule has 2 heterocycles. The van der Waals surface area contributed by atoms with Gasteiger partial charge in [0.2, 0.25) is 0 Å². The predicted molar refractivity (Wildman–Crippen MR) is 113 cm³/mol. The molecule has 0 amide bonds. The van der Waals surface area contributed by atoms with Crippen molar-refractivity contribution >= 4 is 40.0 Å². The van der Waals surface area contributed by atoms with Crippen molar-refractivity contribution in [2.24, 2.45) is 0 Å². The molecule has 0 saturated heterocycles. The Balaban J connectivity index is 1.82. The predicted octanol–water partition coefficient (Wildman–Crippen LogP) is 5.25. The molecule has 0 unspecified atom stereocenters. The third-order valence-corrected chi connectivity index (χ3v) is 4.78. The number of aryl methyl sites for hydroxylation is 1. The second kappa shape index (κ2) is 8.42. The molecule has 4 rings (SSSR count). The van der Waals surface area contributed by atoms with Crippen LogP contribution >= 0.6 is 11.6 Å². The Morgan fingerprint density at radius 1 is 1.13 bits per heavy atom. The number of aromatic nitrogens is 3. The Bertz CT molecular complexity index is 1230. The van der Waals surface area contributed by atoms with E-state index >= 15 is 0 Å². The molecule has 4 aromatic rings. The largest absolute Gasteiger partial charge is 0.481 e. The number of carboxylic acid groups (broad SMARTS) is 1. The van der Waals surface area contributed by atoms with Crippen molar-refractivity contribution in [1.82, 2.24) is 15.0 Å². The summed E-state index contributed by atoms with van der Waals surface area (Å²) in [6.07, 6.45) is 3.74. The van der Waals surface area contributed by atoms with E-state index in [0.29, 0.717) is 34.7 Å². The average Bonchev–Trinajstić information content (AvgIpc) is 2.75. The van der Waals surface area contributed by atoms with Crippen molar-refractivity contribution in [3.8, 4) is 11.4 Å². The molecule has 2 aromatic heterocycles. The molecule has 30 heavy (non-hydrogen) atoms. The first-order valence-electron chi connectivity index (χ1n) is 9.14. The maximum atomic E-state index is 13.5. The number of rotatable bonds is 6. The van der Waals surface area contributed by atoms with Gasteiger partial charge in [0.05, 0.1) is 10.5 Å². The highest BCUT2D eigenvalue weighted by molar-refractivity contribution is 6.31. The number of nitrogens with zero attached hydrogens (tertiary/aromatic N) is 3. The molecule has 2 N–H and O–H groups in total. The van der Waals surface area contributed by atoms with Gasteiger partial charge in [0.15, 0.2) is 5.82 Å². The van der Waals surface area contributed by atoms with Gasteiger partial charge >= 0.3 is 5.97 Å². The number of hydrogen-bond acceptors (Lipinski definition) is 5. The van der Waals surface area contributed by atoms with E-state index in [4.69, 9.17) is 16.7 Å². The molecular weight excluding hydrogens is 407 g/mol. The minimum atomic E-state index is -0.863. The number of pyridine rings is 1. The lowest BCUT2D eigenvalue weighted by atomic mass is 10.1. The number of carboxylic acids is 1. The third-order valence-electron chi connectivity index (χ3n) is 4.49. The summed E-state index contributed by atoms with van der Waals surface area (Å²) < 4.78 is 13.5. The van der Waals surface area contributed by atoms with Gasteiger partial charge in [0.25, 0.3) is 0 Å². The van der Waals surface area contributed by atoms with E-state index in [2.05, 4.69) is 20.3 Å². The fraction of sp³-hybridized carbons (Fsp3) is 0.0909. The van der Waals surface area contributed by atoms with Gasteiger partial charge in [0, 0.05) is 35.5 Å². The lowest BCUT2D eigenvalue weighted by Crippen LogP contribution is -2.01. The molecule has 0 spiro atoms. The Kier molecular flexibility index (Phi) is 5.54. The van der Waals surface area contributed by atoms with Crippen LogP contribution in [-0.4, -0.2) is 26.0 Å². The maximum absolute atomic E-state index is 13.5. The smallest absolute Gasteiger partial charge is 0.303 e. The normalized spacial score (nSPS) is 10.9. The summed E-state index contributed by atoms with van der Waals surface area (Å²) in [5, 5.41) is 12.8. The second-order valence-corrected chi connectivity index (χ2v) is 7.04. The molecule has 2 aromatic carbocycles. The Morgan fingerprint density at radius 3 is 2.73 bits per heavy atom. The van der Waals surface area contributed by atoms with Crippen LogP contribution in [0.15, 0.2) is 60.9 Å². The molecule has 0 aliphatic rings. The van der Waals surface area contributed by atoms with Crippen molar-refractivity contribution in [1.29, 1.82) is 0 Å². The van der Waals surface area contributed by atoms with Crippen LogP contribution in [0.1, 0.15) is 12.0 Å². The zero-order valence-corrected chi connectivity index (χ0v) is 16.4. The number of nitrogens with one attached hydrogen (secondary N) is 1. The van der Waals surface area contributed by atoms with E-state index in [9.17, 15) is 9.18 Å². The molecule has 0 atom stereocenters. The quantitative estimate of drug-likeness (QED) is 0.441. The Hall–Kier alpha value is -3.58. The van der Waals surface area contributed by atoms with Crippen LogP contribution in [0, 0.1) is 5.82 Å². The lowest BCUT2D eigenvalue weighted by Gasteiger charge is -2.12. The molecular formula is C22H16ClFN4O2. The second-order valence-electron chi connectivity index (χ2n) is 6.64. The summed E-state index contributed by atoms with van der Waals surface area (Å²) in [5.74, 6) is -0.400. The molecule has 0 radical (unpaired) electrons. The van der Waals surface area contributed by atoms with Crippen molar-refractivity contribution < 1.29 is 14.3 Å². The van der Waals surface area contributed by atoms with Crippen LogP contribution in [0.25, 0.3) is 22.3 Å². The van der Waals surface area contributed by atoms with Gasteiger partial charge in [-0.1, -0.05) is 17.7 Å².